The molecule has 0 aliphatic heterocycles. The van der Waals surface area contributed by atoms with Crippen LogP contribution >= 0.6 is 8.17 Å². The molecule has 0 radical (unpaired) electrons. The summed E-state index contributed by atoms with van der Waals surface area (Å²) in [4.78, 5) is 35.6. The molecular formula is C19H23N6O6P. The molecule has 2 heterocycles. The molecule has 12 nitrogen and oxygen atoms in total. The number of nitrogens with two attached hydrogens (primary N) is 1. The Hall–Kier alpha value is -3.18. The van der Waals surface area contributed by atoms with E-state index in [0.29, 0.717) is 17.7 Å². The van der Waals surface area contributed by atoms with E-state index in [0.717, 1.165) is 5.56 Å². The number of anilines is 1. The number of hydrogen-bond donors (Lipinski definition) is 2. The standard InChI is InChI=1S/C19H23N6O6P/c1-12(18(26)27)24-32(28)31-14(13-6-4-3-5-7-13)10-30-9-8-25-11-21-15-16(25)22-19(20)23-17(15)29-2/h3-7,11-12,14H,8-10H2,1-2H3,(H,26,27)(H2,20,22,23). The molecule has 32 heavy (non-hydrogen) atoms. The fourth-order valence-electron chi connectivity index (χ4n) is 2.78. The number of carboxylic acids is 1. The molecule has 3 atom stereocenters. The average Bonchev–Trinajstić information content (AvgIpc) is 3.18. The summed E-state index contributed by atoms with van der Waals surface area (Å²) in [5, 5.41) is 8.94. The minimum absolute atomic E-state index is 0.0673. The molecule has 3 unspecified atom stereocenters. The number of nitrogens with zero attached hydrogens (tertiary/aromatic N) is 5. The summed E-state index contributed by atoms with van der Waals surface area (Å²) in [6.07, 6.45) is 0.890. The van der Waals surface area contributed by atoms with Crippen molar-refractivity contribution in [3.8, 4) is 5.88 Å². The number of carbonyl (C=O) groups is 1. The summed E-state index contributed by atoms with van der Waals surface area (Å²) in [7, 11) is -1.08. The van der Waals surface area contributed by atoms with Crippen molar-refractivity contribution >= 4 is 31.2 Å². The molecule has 0 fully saturated rings. The Kier molecular flexibility index (Phi) is 8.01. The van der Waals surface area contributed by atoms with Gasteiger partial charge in [0.05, 0.1) is 26.7 Å². The van der Waals surface area contributed by atoms with E-state index in [1.165, 1.54) is 14.0 Å². The van der Waals surface area contributed by atoms with Gasteiger partial charge in [-0.15, -0.1) is 0 Å². The average molecular weight is 462 g/mol. The van der Waals surface area contributed by atoms with Crippen LogP contribution in [-0.2, 0) is 20.6 Å². The van der Waals surface area contributed by atoms with Gasteiger partial charge in [0.1, 0.15) is 0 Å². The van der Waals surface area contributed by atoms with Gasteiger partial charge in [-0.05, 0) is 12.5 Å². The first-order chi connectivity index (χ1) is 15.4. The highest BCUT2D eigenvalue weighted by Gasteiger charge is 2.22. The van der Waals surface area contributed by atoms with Crippen molar-refractivity contribution in [2.24, 2.45) is 4.74 Å². The highest BCUT2D eigenvalue weighted by molar-refractivity contribution is 7.33. The molecule has 0 aliphatic rings. The highest BCUT2D eigenvalue weighted by Crippen LogP contribution is 2.30. The van der Waals surface area contributed by atoms with Crippen LogP contribution in [0.1, 0.15) is 18.6 Å². The lowest BCUT2D eigenvalue weighted by Gasteiger charge is -2.14. The predicted octanol–water partition coefficient (Wildman–Crippen LogP) is 1.52. The first kappa shape index (κ1) is 23.5. The third kappa shape index (κ3) is 5.95. The quantitative estimate of drug-likeness (QED) is 0.314. The summed E-state index contributed by atoms with van der Waals surface area (Å²) < 4.78 is 21.8. The van der Waals surface area contributed by atoms with Gasteiger partial charge in [0.2, 0.25) is 11.8 Å². The van der Waals surface area contributed by atoms with Gasteiger partial charge in [-0.1, -0.05) is 35.1 Å². The number of aliphatic carboxylic acids is 1. The maximum Gasteiger partial charge on any atom is 0.343 e. The van der Waals surface area contributed by atoms with Crippen LogP contribution in [0.4, 0.5) is 5.95 Å². The van der Waals surface area contributed by atoms with Crippen LogP contribution in [0.2, 0.25) is 0 Å². The minimum Gasteiger partial charge on any atom is -0.583 e. The van der Waals surface area contributed by atoms with Gasteiger partial charge >= 0.3 is 14.1 Å². The Morgan fingerprint density at radius 3 is 2.78 bits per heavy atom. The molecule has 0 saturated carbocycles. The highest BCUT2D eigenvalue weighted by atomic mass is 31.1. The number of fused-ring (bicyclic) bond motifs is 1. The van der Waals surface area contributed by atoms with Crippen molar-refractivity contribution in [3.63, 3.8) is 0 Å². The molecular weight excluding hydrogens is 439 g/mol. The number of imidazole rings is 1. The lowest BCUT2D eigenvalue weighted by molar-refractivity contribution is -0.181. The second-order valence-corrected chi connectivity index (χ2v) is 7.57. The smallest absolute Gasteiger partial charge is 0.343 e. The number of hydrogen-bond acceptors (Lipinski definition) is 10. The van der Waals surface area contributed by atoms with Gasteiger partial charge in [0.15, 0.2) is 23.3 Å². The number of methoxy groups -OCH3 is 1. The third-order valence-corrected chi connectivity index (χ3v) is 5.37. The van der Waals surface area contributed by atoms with Crippen molar-refractivity contribution in [2.75, 3.05) is 26.1 Å². The zero-order chi connectivity index (χ0) is 23.1. The van der Waals surface area contributed by atoms with Gasteiger partial charge in [-0.2, -0.15) is 14.5 Å². The van der Waals surface area contributed by atoms with Crippen LogP contribution < -0.4 is 15.4 Å². The fraction of sp³-hybridized carbons (Fsp3) is 0.368. The van der Waals surface area contributed by atoms with E-state index in [2.05, 4.69) is 19.7 Å². The maximum atomic E-state index is 12.2. The Balaban J connectivity index is 1.65. The van der Waals surface area contributed by atoms with Crippen LogP contribution in [0.3, 0.4) is 0 Å². The van der Waals surface area contributed by atoms with E-state index < -0.39 is 26.3 Å². The topological polar surface area (TPSA) is 170 Å². The Morgan fingerprint density at radius 1 is 1.34 bits per heavy atom. The predicted molar refractivity (Wildman–Crippen MR) is 114 cm³/mol. The number of carboxylic acid groups (broad SMARTS) is 1. The molecule has 0 amide bonds. The zero-order valence-electron chi connectivity index (χ0n) is 17.5. The number of rotatable bonds is 11. The van der Waals surface area contributed by atoms with E-state index in [9.17, 15) is 9.69 Å². The molecule has 0 bridgehead atoms. The van der Waals surface area contributed by atoms with Crippen LogP contribution in [-0.4, -0.2) is 57.0 Å². The van der Waals surface area contributed by atoms with E-state index in [1.807, 2.05) is 18.2 Å². The summed E-state index contributed by atoms with van der Waals surface area (Å²) in [6.45, 7) is 2.08. The second kappa shape index (κ2) is 10.9. The van der Waals surface area contributed by atoms with Crippen molar-refractivity contribution in [1.82, 2.24) is 19.5 Å². The van der Waals surface area contributed by atoms with Crippen molar-refractivity contribution in [2.45, 2.75) is 25.6 Å². The lowest BCUT2D eigenvalue weighted by atomic mass is 10.1. The Morgan fingerprint density at radius 2 is 2.09 bits per heavy atom. The van der Waals surface area contributed by atoms with Gasteiger partial charge < -0.3 is 29.8 Å². The van der Waals surface area contributed by atoms with E-state index in [-0.39, 0.29) is 25.0 Å². The van der Waals surface area contributed by atoms with Gasteiger partial charge in [-0.25, -0.2) is 9.78 Å². The first-order valence-corrected chi connectivity index (χ1v) is 10.7. The van der Waals surface area contributed by atoms with Crippen LogP contribution in [0.5, 0.6) is 5.88 Å². The Bertz CT molecular complexity index is 1090. The summed E-state index contributed by atoms with van der Waals surface area (Å²) in [5.41, 5.74) is 7.45. The largest absolute Gasteiger partial charge is 0.583 e. The first-order valence-electron chi connectivity index (χ1n) is 9.61. The van der Waals surface area contributed by atoms with E-state index in [4.69, 9.17) is 24.8 Å². The third-order valence-electron chi connectivity index (χ3n) is 4.40. The van der Waals surface area contributed by atoms with Crippen LogP contribution in [0.15, 0.2) is 41.4 Å². The monoisotopic (exact) mass is 462 g/mol. The number of benzene rings is 1. The lowest BCUT2D eigenvalue weighted by Crippen LogP contribution is -2.16. The second-order valence-electron chi connectivity index (χ2n) is 6.65. The van der Waals surface area contributed by atoms with Crippen molar-refractivity contribution in [3.05, 3.63) is 42.2 Å². The van der Waals surface area contributed by atoms with E-state index in [1.54, 1.807) is 23.0 Å². The molecule has 3 N–H and O–H groups in total. The van der Waals surface area contributed by atoms with Crippen LogP contribution in [0.25, 0.3) is 11.2 Å². The molecule has 3 aromatic rings. The van der Waals surface area contributed by atoms with Gasteiger partial charge in [0.25, 0.3) is 0 Å². The summed E-state index contributed by atoms with van der Waals surface area (Å²) >= 11 is 0. The molecule has 1 aromatic carbocycles. The van der Waals surface area contributed by atoms with Crippen molar-refractivity contribution in [1.29, 1.82) is 0 Å². The SMILES string of the molecule is COc1nc(N)nc2c1ncn2CCOCC(O[P+]([O-])=NC(C)C(=O)O)c1ccccc1. The summed E-state index contributed by atoms with van der Waals surface area (Å²) in [6, 6.07) is 7.91. The molecule has 2 aromatic heterocycles. The van der Waals surface area contributed by atoms with Gasteiger partial charge in [0, 0.05) is 6.54 Å². The maximum absolute atomic E-state index is 12.2. The number of ether oxygens (including phenoxy) is 2. The number of aromatic nitrogens is 4. The fourth-order valence-corrected chi connectivity index (χ4v) is 3.61. The normalized spacial score (nSPS) is 13.8. The minimum atomic E-state index is -2.55. The van der Waals surface area contributed by atoms with Crippen LogP contribution in [0, 0.1) is 0 Å². The molecule has 0 aliphatic carbocycles. The van der Waals surface area contributed by atoms with Gasteiger partial charge in [-0.3, -0.25) is 0 Å². The zero-order valence-corrected chi connectivity index (χ0v) is 18.4. The molecule has 13 heteroatoms. The van der Waals surface area contributed by atoms with Crippen molar-refractivity contribution < 1.29 is 28.8 Å². The summed E-state index contributed by atoms with van der Waals surface area (Å²) in [5.74, 6) is -0.830. The molecule has 3 rings (SSSR count). The molecule has 0 saturated heterocycles. The van der Waals surface area contributed by atoms with E-state index >= 15 is 0 Å². The number of nitrogen functional groups attached to an aromatic ring is 1. The molecule has 170 valence electrons. The Labute approximate surface area is 184 Å². The molecule has 0 spiro atoms.